The van der Waals surface area contributed by atoms with Gasteiger partial charge in [-0.25, -0.2) is 17.2 Å². The van der Waals surface area contributed by atoms with Gasteiger partial charge in [0.2, 0.25) is 0 Å². The van der Waals surface area contributed by atoms with Gasteiger partial charge in [-0.2, -0.15) is 0 Å². The molecule has 0 saturated carbocycles. The number of aliphatic hydroxyl groups excluding tert-OH is 1. The van der Waals surface area contributed by atoms with Gasteiger partial charge in [0.05, 0.1) is 23.1 Å². The lowest BCUT2D eigenvalue weighted by atomic mass is 10.1. The summed E-state index contributed by atoms with van der Waals surface area (Å²) >= 11 is 0. The first-order valence-electron chi connectivity index (χ1n) is 9.55. The Balaban J connectivity index is 2.07. The van der Waals surface area contributed by atoms with Gasteiger partial charge < -0.3 is 15.2 Å². The van der Waals surface area contributed by atoms with E-state index in [9.17, 15) is 18.3 Å². The molecule has 8 heteroatoms. The number of para-hydroxylation sites is 1. The van der Waals surface area contributed by atoms with Gasteiger partial charge >= 0.3 is 6.09 Å². The van der Waals surface area contributed by atoms with Crippen molar-refractivity contribution in [2.45, 2.75) is 44.2 Å². The zero-order chi connectivity index (χ0) is 22.1. The van der Waals surface area contributed by atoms with Crippen LogP contribution in [0.3, 0.4) is 0 Å². The van der Waals surface area contributed by atoms with E-state index in [2.05, 4.69) is 5.32 Å². The number of amides is 1. The molecule has 160 valence electrons. The molecule has 0 aliphatic carbocycles. The monoisotopic (exact) mass is 430 g/mol. The van der Waals surface area contributed by atoms with Crippen molar-refractivity contribution in [1.29, 1.82) is 0 Å². The van der Waals surface area contributed by atoms with Crippen LogP contribution in [-0.4, -0.2) is 35.8 Å². The van der Waals surface area contributed by atoms with E-state index in [0.717, 1.165) is 5.56 Å². The second-order valence-electron chi connectivity index (χ2n) is 8.10. The fraction of sp³-hybridized carbons (Fsp3) is 0.318. The summed E-state index contributed by atoms with van der Waals surface area (Å²) < 4.78 is 33.0. The fourth-order valence-electron chi connectivity index (χ4n) is 3.15. The largest absolute Gasteiger partial charge is 0.444 e. The smallest absolute Gasteiger partial charge is 0.408 e. The minimum absolute atomic E-state index is 0.154. The second kappa shape index (κ2) is 8.12. The van der Waals surface area contributed by atoms with Crippen molar-refractivity contribution in [3.63, 3.8) is 0 Å². The molecular formula is C22H26N2O5S. The van der Waals surface area contributed by atoms with Crippen molar-refractivity contribution >= 4 is 27.0 Å². The Hall–Kier alpha value is -2.84. The summed E-state index contributed by atoms with van der Waals surface area (Å²) in [6, 6.07) is 12.7. The van der Waals surface area contributed by atoms with Crippen LogP contribution in [0, 0.1) is 6.92 Å². The highest BCUT2D eigenvalue weighted by Crippen LogP contribution is 2.30. The Morgan fingerprint density at radius 2 is 1.77 bits per heavy atom. The number of fused-ring (bicyclic) bond motifs is 1. The maximum absolute atomic E-state index is 13.3. The number of nitrogens with zero attached hydrogens (tertiary/aromatic N) is 1. The van der Waals surface area contributed by atoms with E-state index < -0.39 is 34.4 Å². The average molecular weight is 431 g/mol. The molecule has 2 N–H and O–H groups in total. The number of hydrogen-bond donors (Lipinski definition) is 2. The number of benzene rings is 2. The van der Waals surface area contributed by atoms with Crippen molar-refractivity contribution in [2.75, 3.05) is 6.61 Å². The van der Waals surface area contributed by atoms with Crippen molar-refractivity contribution in [3.05, 3.63) is 65.9 Å². The molecule has 1 aromatic heterocycles. The Kier molecular flexibility index (Phi) is 5.92. The van der Waals surface area contributed by atoms with Crippen LogP contribution in [0.2, 0.25) is 0 Å². The zero-order valence-electron chi connectivity index (χ0n) is 17.4. The molecule has 3 rings (SSSR count). The summed E-state index contributed by atoms with van der Waals surface area (Å²) in [7, 11) is -3.87. The van der Waals surface area contributed by atoms with E-state index in [-0.39, 0.29) is 4.90 Å². The number of rotatable bonds is 5. The van der Waals surface area contributed by atoms with Gasteiger partial charge in [-0.05, 0) is 45.9 Å². The molecule has 0 fully saturated rings. The molecule has 0 saturated heterocycles. The third-order valence-electron chi connectivity index (χ3n) is 4.54. The quantitative estimate of drug-likeness (QED) is 0.643. The van der Waals surface area contributed by atoms with E-state index in [1.165, 1.54) is 10.2 Å². The molecule has 2 aromatic carbocycles. The first-order valence-corrected chi connectivity index (χ1v) is 11.0. The van der Waals surface area contributed by atoms with Gasteiger partial charge in [0.15, 0.2) is 0 Å². The molecule has 1 heterocycles. The van der Waals surface area contributed by atoms with Crippen molar-refractivity contribution in [2.24, 2.45) is 0 Å². The summed E-state index contributed by atoms with van der Waals surface area (Å²) in [5.74, 6) is 0. The number of nitrogens with one attached hydrogen (secondary N) is 1. The third kappa shape index (κ3) is 4.49. The van der Waals surface area contributed by atoms with Crippen LogP contribution in [0.1, 0.15) is 37.9 Å². The molecule has 0 aliphatic heterocycles. The summed E-state index contributed by atoms with van der Waals surface area (Å²) in [4.78, 5) is 12.4. The van der Waals surface area contributed by atoms with Crippen LogP contribution in [-0.2, 0) is 14.8 Å². The second-order valence-corrected chi connectivity index (χ2v) is 9.91. The number of hydrogen-bond acceptors (Lipinski definition) is 5. The SMILES string of the molecule is Cc1ccc(S(=O)(=O)n2cc([C@@H](CO)NC(=O)OC(C)(C)C)c3ccccc32)cc1. The predicted molar refractivity (Wildman–Crippen MR) is 115 cm³/mol. The van der Waals surface area contributed by atoms with Crippen LogP contribution >= 0.6 is 0 Å². The number of aliphatic hydroxyl groups is 1. The van der Waals surface area contributed by atoms with Crippen LogP contribution in [0.25, 0.3) is 10.9 Å². The molecule has 1 atom stereocenters. The number of carbonyl (C=O) groups excluding carboxylic acids is 1. The zero-order valence-corrected chi connectivity index (χ0v) is 18.2. The lowest BCUT2D eigenvalue weighted by Gasteiger charge is -2.22. The van der Waals surface area contributed by atoms with E-state index >= 15 is 0 Å². The standard InChI is InChI=1S/C22H26N2O5S/c1-15-9-11-16(12-10-15)30(27,28)24-13-18(17-7-5-6-8-20(17)24)19(14-25)23-21(26)29-22(2,3)4/h5-13,19,25H,14H2,1-4H3,(H,23,26)/t19-/m1/s1. The minimum atomic E-state index is -3.87. The topological polar surface area (TPSA) is 97.6 Å². The summed E-state index contributed by atoms with van der Waals surface area (Å²) in [5, 5.41) is 13.2. The number of aryl methyl sites for hydroxylation is 1. The molecule has 0 spiro atoms. The highest BCUT2D eigenvalue weighted by molar-refractivity contribution is 7.90. The first-order chi connectivity index (χ1) is 14.0. The summed E-state index contributed by atoms with van der Waals surface area (Å²) in [6.07, 6.45) is 0.748. The summed E-state index contributed by atoms with van der Waals surface area (Å²) in [6.45, 7) is 6.67. The molecule has 0 unspecified atom stereocenters. The molecule has 3 aromatic rings. The van der Waals surface area contributed by atoms with Gasteiger partial charge in [-0.1, -0.05) is 35.9 Å². The lowest BCUT2D eigenvalue weighted by molar-refractivity contribution is 0.0482. The molecule has 0 radical (unpaired) electrons. The molecule has 7 nitrogen and oxygen atoms in total. The maximum Gasteiger partial charge on any atom is 0.408 e. The van der Waals surface area contributed by atoms with Gasteiger partial charge in [0, 0.05) is 17.1 Å². The van der Waals surface area contributed by atoms with Gasteiger partial charge in [-0.3, -0.25) is 0 Å². The minimum Gasteiger partial charge on any atom is -0.444 e. The van der Waals surface area contributed by atoms with Crippen molar-refractivity contribution in [1.82, 2.24) is 9.29 Å². The van der Waals surface area contributed by atoms with Crippen molar-refractivity contribution < 1.29 is 23.1 Å². The third-order valence-corrected chi connectivity index (χ3v) is 6.22. The highest BCUT2D eigenvalue weighted by atomic mass is 32.2. The number of ether oxygens (including phenoxy) is 1. The predicted octanol–water partition coefficient (Wildman–Crippen LogP) is 3.74. The number of aromatic nitrogens is 1. The molecule has 1 amide bonds. The molecule has 30 heavy (non-hydrogen) atoms. The van der Waals surface area contributed by atoms with Gasteiger partial charge in [0.25, 0.3) is 10.0 Å². The Labute approximate surface area is 176 Å². The Morgan fingerprint density at radius 3 is 2.37 bits per heavy atom. The van der Waals surface area contributed by atoms with E-state index in [1.54, 1.807) is 69.3 Å². The summed E-state index contributed by atoms with van der Waals surface area (Å²) in [5.41, 5.74) is 1.19. The van der Waals surface area contributed by atoms with Crippen LogP contribution in [0.15, 0.2) is 59.6 Å². The molecular weight excluding hydrogens is 404 g/mol. The van der Waals surface area contributed by atoms with Crippen LogP contribution < -0.4 is 5.32 Å². The molecule has 0 bridgehead atoms. The van der Waals surface area contributed by atoms with E-state index in [0.29, 0.717) is 16.5 Å². The normalized spacial score (nSPS) is 13.2. The maximum atomic E-state index is 13.3. The number of alkyl carbamates (subject to hydrolysis) is 1. The Morgan fingerprint density at radius 1 is 1.13 bits per heavy atom. The fourth-order valence-corrected chi connectivity index (χ4v) is 4.52. The van der Waals surface area contributed by atoms with Gasteiger partial charge in [-0.15, -0.1) is 0 Å². The number of carbonyl (C=O) groups is 1. The first kappa shape index (κ1) is 21.9. The van der Waals surface area contributed by atoms with Gasteiger partial charge in [0.1, 0.15) is 5.60 Å². The van der Waals surface area contributed by atoms with Crippen molar-refractivity contribution in [3.8, 4) is 0 Å². The van der Waals surface area contributed by atoms with Crippen LogP contribution in [0.5, 0.6) is 0 Å². The van der Waals surface area contributed by atoms with E-state index in [4.69, 9.17) is 4.74 Å². The highest BCUT2D eigenvalue weighted by Gasteiger charge is 2.26. The van der Waals surface area contributed by atoms with E-state index in [1.807, 2.05) is 6.92 Å². The Bertz CT molecular complexity index is 1160. The van der Waals surface area contributed by atoms with Crippen LogP contribution in [0.4, 0.5) is 4.79 Å². The molecule has 0 aliphatic rings. The lowest BCUT2D eigenvalue weighted by Crippen LogP contribution is -2.36. The average Bonchev–Trinajstić information content (AvgIpc) is 3.05.